The number of aliphatic hydroxyl groups is 1. The number of nitrogens with one attached hydrogen (secondary N) is 2. The predicted octanol–water partition coefficient (Wildman–Crippen LogP) is 6.24. The van der Waals surface area contributed by atoms with Crippen molar-refractivity contribution >= 4 is 11.6 Å². The molecular weight excluding hydrogens is 490 g/mol. The summed E-state index contributed by atoms with van der Waals surface area (Å²) in [7, 11) is 0. The minimum atomic E-state index is -0.822. The van der Waals surface area contributed by atoms with Gasteiger partial charge in [-0.15, -0.1) is 0 Å². The van der Waals surface area contributed by atoms with Crippen molar-refractivity contribution in [1.82, 2.24) is 5.32 Å². The van der Waals surface area contributed by atoms with Crippen LogP contribution >= 0.6 is 0 Å². The van der Waals surface area contributed by atoms with Crippen LogP contribution in [-0.2, 0) is 0 Å². The van der Waals surface area contributed by atoms with E-state index in [9.17, 15) is 18.7 Å². The van der Waals surface area contributed by atoms with Gasteiger partial charge < -0.3 is 25.2 Å². The van der Waals surface area contributed by atoms with Gasteiger partial charge in [-0.05, 0) is 91.8 Å². The number of carbonyl (C=O) groups excluding carboxylic acids is 1. The van der Waals surface area contributed by atoms with Gasteiger partial charge in [0.05, 0.1) is 5.56 Å². The summed E-state index contributed by atoms with van der Waals surface area (Å²) in [5.74, 6) is -0.236. The van der Waals surface area contributed by atoms with Gasteiger partial charge in [-0.25, -0.2) is 8.78 Å². The first-order chi connectivity index (χ1) is 18.1. The molecule has 3 aromatic carbocycles. The summed E-state index contributed by atoms with van der Waals surface area (Å²) >= 11 is 0. The maximum atomic E-state index is 14.4. The van der Waals surface area contributed by atoms with Crippen molar-refractivity contribution in [3.63, 3.8) is 0 Å². The topological polar surface area (TPSA) is 79.8 Å². The molecule has 38 heavy (non-hydrogen) atoms. The van der Waals surface area contributed by atoms with Crippen LogP contribution in [0.1, 0.15) is 59.7 Å². The highest BCUT2D eigenvalue weighted by Crippen LogP contribution is 2.44. The van der Waals surface area contributed by atoms with Crippen LogP contribution in [0.4, 0.5) is 14.5 Å². The Morgan fingerprint density at radius 3 is 2.45 bits per heavy atom. The molecule has 0 bridgehead atoms. The summed E-state index contributed by atoms with van der Waals surface area (Å²) in [6.07, 6.45) is 1.35. The highest BCUT2D eigenvalue weighted by atomic mass is 19.1. The molecule has 8 heteroatoms. The second-order valence-electron chi connectivity index (χ2n) is 10.1. The molecule has 1 unspecified atom stereocenters. The van der Waals surface area contributed by atoms with Gasteiger partial charge in [-0.1, -0.05) is 13.8 Å². The van der Waals surface area contributed by atoms with Crippen molar-refractivity contribution < 1.29 is 28.2 Å². The van der Waals surface area contributed by atoms with Gasteiger partial charge >= 0.3 is 0 Å². The Bertz CT molecular complexity index is 1310. The van der Waals surface area contributed by atoms with Crippen LogP contribution in [0.25, 0.3) is 0 Å². The van der Waals surface area contributed by atoms with Crippen LogP contribution in [-0.4, -0.2) is 36.3 Å². The van der Waals surface area contributed by atoms with Crippen molar-refractivity contribution in [2.24, 2.45) is 0 Å². The number of ether oxygens (including phenoxy) is 2. The molecule has 1 saturated carbocycles. The molecule has 202 valence electrons. The van der Waals surface area contributed by atoms with Crippen LogP contribution in [0, 0.1) is 25.5 Å². The number of hydrogen-bond acceptors (Lipinski definition) is 5. The van der Waals surface area contributed by atoms with E-state index < -0.39 is 17.8 Å². The molecule has 1 aliphatic carbocycles. The Morgan fingerprint density at radius 1 is 1.00 bits per heavy atom. The van der Waals surface area contributed by atoms with Gasteiger partial charge in [-0.3, -0.25) is 4.79 Å². The van der Waals surface area contributed by atoms with Crippen molar-refractivity contribution in [3.05, 3.63) is 82.4 Å². The monoisotopic (exact) mass is 524 g/mol. The minimum absolute atomic E-state index is 0.0786. The summed E-state index contributed by atoms with van der Waals surface area (Å²) < 4.78 is 39.6. The van der Waals surface area contributed by atoms with Gasteiger partial charge in [0.25, 0.3) is 5.91 Å². The molecule has 0 saturated heterocycles. The van der Waals surface area contributed by atoms with Crippen LogP contribution < -0.4 is 20.1 Å². The van der Waals surface area contributed by atoms with E-state index >= 15 is 0 Å². The fraction of sp³-hybridized carbons (Fsp3) is 0.367. The molecule has 0 radical (unpaired) electrons. The molecule has 0 heterocycles. The van der Waals surface area contributed by atoms with Crippen molar-refractivity contribution in [2.75, 3.05) is 18.5 Å². The number of amides is 1. The number of aryl methyl sites for hydroxylation is 2. The maximum absolute atomic E-state index is 14.4. The largest absolute Gasteiger partial charge is 0.488 e. The third-order valence-electron chi connectivity index (χ3n) is 6.37. The summed E-state index contributed by atoms with van der Waals surface area (Å²) in [6.45, 7) is 7.81. The first-order valence-corrected chi connectivity index (χ1v) is 12.8. The lowest BCUT2D eigenvalue weighted by molar-refractivity contribution is 0.101. The molecule has 3 N–H and O–H groups in total. The zero-order chi connectivity index (χ0) is 27.4. The second kappa shape index (κ2) is 11.9. The Morgan fingerprint density at radius 2 is 1.76 bits per heavy atom. The van der Waals surface area contributed by atoms with Gasteiger partial charge in [0, 0.05) is 24.3 Å². The quantitative estimate of drug-likeness (QED) is 0.277. The van der Waals surface area contributed by atoms with Crippen molar-refractivity contribution in [1.29, 1.82) is 0 Å². The van der Waals surface area contributed by atoms with Gasteiger partial charge in [0.15, 0.2) is 11.6 Å². The highest BCUT2D eigenvalue weighted by molar-refractivity contribution is 6.06. The number of carbonyl (C=O) groups is 1. The molecule has 1 fully saturated rings. The smallest absolute Gasteiger partial charge is 0.259 e. The van der Waals surface area contributed by atoms with Gasteiger partial charge in [0.2, 0.25) is 0 Å². The van der Waals surface area contributed by atoms with Crippen LogP contribution in [0.2, 0.25) is 0 Å². The number of halogens is 2. The second-order valence-corrected chi connectivity index (χ2v) is 10.1. The van der Waals surface area contributed by atoms with Gasteiger partial charge in [-0.2, -0.15) is 0 Å². The Balaban J connectivity index is 1.54. The molecule has 3 aromatic rings. The SMILES string of the molecule is Cc1cc(F)ccc1Oc1cc(C2CC2)c(C)cc1C(=O)Nc1ccc(F)c(OCC(O)CNC(C)C)c1. The minimum Gasteiger partial charge on any atom is -0.488 e. The molecule has 0 aliphatic heterocycles. The Hall–Kier alpha value is -3.49. The van der Waals surface area contributed by atoms with E-state index in [-0.39, 0.29) is 24.2 Å². The van der Waals surface area contributed by atoms with E-state index in [2.05, 4.69) is 10.6 Å². The zero-order valence-corrected chi connectivity index (χ0v) is 22.1. The lowest BCUT2D eigenvalue weighted by Gasteiger charge is -2.17. The van der Waals surface area contributed by atoms with E-state index in [1.165, 1.54) is 36.4 Å². The maximum Gasteiger partial charge on any atom is 0.259 e. The fourth-order valence-electron chi connectivity index (χ4n) is 4.15. The normalized spacial score (nSPS) is 13.9. The van der Waals surface area contributed by atoms with Crippen LogP contribution in [0.5, 0.6) is 17.2 Å². The number of anilines is 1. The lowest BCUT2D eigenvalue weighted by atomic mass is 9.99. The average Bonchev–Trinajstić information content (AvgIpc) is 3.70. The summed E-state index contributed by atoms with van der Waals surface area (Å²) in [5.41, 5.74) is 3.34. The molecule has 1 aliphatic rings. The molecule has 6 nitrogen and oxygen atoms in total. The Kier molecular flexibility index (Phi) is 8.64. The summed E-state index contributed by atoms with van der Waals surface area (Å²) in [5, 5.41) is 16.0. The fourth-order valence-corrected chi connectivity index (χ4v) is 4.15. The van der Waals surface area contributed by atoms with E-state index in [0.29, 0.717) is 40.8 Å². The molecule has 1 amide bonds. The van der Waals surface area contributed by atoms with E-state index in [0.717, 1.165) is 24.0 Å². The van der Waals surface area contributed by atoms with E-state index in [1.54, 1.807) is 13.0 Å². The average molecular weight is 525 g/mol. The number of hydrogen-bond donors (Lipinski definition) is 3. The van der Waals surface area contributed by atoms with Crippen molar-refractivity contribution in [2.45, 2.75) is 58.6 Å². The molecule has 4 rings (SSSR count). The number of rotatable bonds is 11. The van der Waals surface area contributed by atoms with Crippen LogP contribution in [0.15, 0.2) is 48.5 Å². The molecule has 0 aromatic heterocycles. The standard InChI is InChI=1S/C30H34F2N2O4/c1-17(2)33-15-23(35)16-37-29-13-22(8-9-26(29)32)34-30(36)25-12-18(3)24(20-5-6-20)14-28(25)38-27-10-7-21(31)11-19(27)4/h7-14,17,20,23,33,35H,5-6,15-16H2,1-4H3,(H,34,36). The molecular formula is C30H34F2N2O4. The first-order valence-electron chi connectivity index (χ1n) is 12.8. The number of aliphatic hydroxyl groups excluding tert-OH is 1. The highest BCUT2D eigenvalue weighted by Gasteiger charge is 2.28. The predicted molar refractivity (Wildman–Crippen MR) is 143 cm³/mol. The Labute approximate surface area is 222 Å². The first kappa shape index (κ1) is 27.5. The third kappa shape index (κ3) is 7.08. The third-order valence-corrected chi connectivity index (χ3v) is 6.37. The summed E-state index contributed by atoms with van der Waals surface area (Å²) in [6, 6.07) is 12.1. The van der Waals surface area contributed by atoms with E-state index in [1.807, 2.05) is 26.8 Å². The zero-order valence-electron chi connectivity index (χ0n) is 22.1. The van der Waals surface area contributed by atoms with Gasteiger partial charge in [0.1, 0.15) is 30.0 Å². The van der Waals surface area contributed by atoms with Crippen LogP contribution in [0.3, 0.4) is 0 Å². The number of benzene rings is 3. The molecule has 0 spiro atoms. The lowest BCUT2D eigenvalue weighted by Crippen LogP contribution is -2.35. The van der Waals surface area contributed by atoms with Crippen molar-refractivity contribution in [3.8, 4) is 17.2 Å². The van der Waals surface area contributed by atoms with E-state index in [4.69, 9.17) is 9.47 Å². The summed E-state index contributed by atoms with van der Waals surface area (Å²) in [4.78, 5) is 13.4. The molecule has 1 atom stereocenters.